The molecule has 0 bridgehead atoms. The third-order valence-electron chi connectivity index (χ3n) is 5.54. The highest BCUT2D eigenvalue weighted by atomic mass is 16.7. The average Bonchev–Trinajstić information content (AvgIpc) is 2.59. The van der Waals surface area contributed by atoms with Crippen molar-refractivity contribution in [3.05, 3.63) is 23.8 Å². The molecule has 5 nitrogen and oxygen atoms in total. The Kier molecular flexibility index (Phi) is 7.06. The summed E-state index contributed by atoms with van der Waals surface area (Å²) in [5.41, 5.74) is 1.44. The Morgan fingerprint density at radius 3 is 2.18 bits per heavy atom. The van der Waals surface area contributed by atoms with Gasteiger partial charge in [-0.2, -0.15) is 0 Å². The molecule has 28 heavy (non-hydrogen) atoms. The minimum absolute atomic E-state index is 0.107. The van der Waals surface area contributed by atoms with Crippen LogP contribution in [-0.4, -0.2) is 32.8 Å². The van der Waals surface area contributed by atoms with Crippen LogP contribution in [0.2, 0.25) is 0 Å². The normalized spacial score (nSPS) is 23.6. The third-order valence-corrected chi connectivity index (χ3v) is 5.54. The van der Waals surface area contributed by atoms with Crippen LogP contribution in [-0.2, 0) is 15.0 Å². The second-order valence-corrected chi connectivity index (χ2v) is 9.60. The van der Waals surface area contributed by atoms with E-state index in [-0.39, 0.29) is 28.9 Å². The third kappa shape index (κ3) is 5.00. The van der Waals surface area contributed by atoms with Gasteiger partial charge in [-0.25, -0.2) is 0 Å². The summed E-state index contributed by atoms with van der Waals surface area (Å²) >= 11 is 0. The lowest BCUT2D eigenvalue weighted by atomic mass is 9.57. The molecule has 1 aliphatic rings. The van der Waals surface area contributed by atoms with Gasteiger partial charge < -0.3 is 24.3 Å². The number of rotatable bonds is 9. The molecule has 1 saturated heterocycles. The largest absolute Gasteiger partial charge is 0.461 e. The average molecular weight is 394 g/mol. The molecule has 1 aromatic rings. The SMILES string of the molecule is CCOC(C)Oc1ccc(C2(CC(C)(C)C)NCC2(C)C)cc1OC(C)OC. The van der Waals surface area contributed by atoms with Crippen molar-refractivity contribution in [1.82, 2.24) is 5.32 Å². The van der Waals surface area contributed by atoms with E-state index in [0.717, 1.165) is 13.0 Å². The molecule has 0 spiro atoms. The molecule has 3 unspecified atom stereocenters. The molecule has 0 radical (unpaired) electrons. The number of hydrogen-bond acceptors (Lipinski definition) is 5. The van der Waals surface area contributed by atoms with Gasteiger partial charge >= 0.3 is 0 Å². The summed E-state index contributed by atoms with van der Waals surface area (Å²) in [6.07, 6.45) is 0.306. The number of nitrogens with one attached hydrogen (secondary N) is 1. The van der Waals surface area contributed by atoms with Crippen LogP contribution in [0.5, 0.6) is 11.5 Å². The van der Waals surface area contributed by atoms with Crippen molar-refractivity contribution in [2.24, 2.45) is 10.8 Å². The molecule has 0 aromatic heterocycles. The number of benzene rings is 1. The molecule has 1 heterocycles. The van der Waals surface area contributed by atoms with Crippen LogP contribution >= 0.6 is 0 Å². The van der Waals surface area contributed by atoms with Crippen LogP contribution in [0, 0.1) is 10.8 Å². The first-order chi connectivity index (χ1) is 12.9. The van der Waals surface area contributed by atoms with Gasteiger partial charge in [-0.15, -0.1) is 0 Å². The van der Waals surface area contributed by atoms with Crippen LogP contribution in [0.4, 0.5) is 0 Å². The van der Waals surface area contributed by atoms with Crippen molar-refractivity contribution in [3.63, 3.8) is 0 Å². The topological polar surface area (TPSA) is 49.0 Å². The van der Waals surface area contributed by atoms with Gasteiger partial charge in [0.2, 0.25) is 0 Å². The van der Waals surface area contributed by atoms with E-state index in [4.69, 9.17) is 18.9 Å². The Hall–Kier alpha value is -1.30. The number of hydrogen-bond donors (Lipinski definition) is 1. The fourth-order valence-electron chi connectivity index (χ4n) is 3.98. The second-order valence-electron chi connectivity index (χ2n) is 9.60. The molecule has 1 N–H and O–H groups in total. The summed E-state index contributed by atoms with van der Waals surface area (Å²) in [6, 6.07) is 6.24. The maximum absolute atomic E-state index is 6.05. The molecule has 1 fully saturated rings. The zero-order valence-electron chi connectivity index (χ0n) is 19.1. The first-order valence-corrected chi connectivity index (χ1v) is 10.3. The summed E-state index contributed by atoms with van der Waals surface area (Å²) < 4.78 is 22.9. The summed E-state index contributed by atoms with van der Waals surface area (Å²) in [5.74, 6) is 1.34. The smallest absolute Gasteiger partial charge is 0.197 e. The van der Waals surface area contributed by atoms with Crippen LogP contribution in [0.25, 0.3) is 0 Å². The predicted octanol–water partition coefficient (Wildman–Crippen LogP) is 5.08. The fraction of sp³-hybridized carbons (Fsp3) is 0.739. The van der Waals surface area contributed by atoms with E-state index in [1.807, 2.05) is 26.8 Å². The molecule has 1 aromatic carbocycles. The van der Waals surface area contributed by atoms with Crippen molar-refractivity contribution in [1.29, 1.82) is 0 Å². The maximum atomic E-state index is 6.05. The van der Waals surface area contributed by atoms with Crippen molar-refractivity contribution in [2.45, 2.75) is 79.9 Å². The summed E-state index contributed by atoms with van der Waals surface area (Å²) in [4.78, 5) is 0. The van der Waals surface area contributed by atoms with Crippen molar-refractivity contribution < 1.29 is 18.9 Å². The van der Waals surface area contributed by atoms with Gasteiger partial charge in [0, 0.05) is 20.3 Å². The lowest BCUT2D eigenvalue weighted by Crippen LogP contribution is -2.69. The van der Waals surface area contributed by atoms with Gasteiger partial charge in [0.05, 0.1) is 5.54 Å². The Labute approximate surface area is 171 Å². The van der Waals surface area contributed by atoms with Gasteiger partial charge in [-0.05, 0) is 55.7 Å². The highest BCUT2D eigenvalue weighted by Gasteiger charge is 2.55. The molecule has 1 aliphatic heterocycles. The van der Waals surface area contributed by atoms with E-state index in [1.165, 1.54) is 5.56 Å². The van der Waals surface area contributed by atoms with E-state index in [2.05, 4.69) is 52.1 Å². The minimum Gasteiger partial charge on any atom is -0.461 e. The summed E-state index contributed by atoms with van der Waals surface area (Å²) in [5, 5.41) is 3.74. The van der Waals surface area contributed by atoms with Gasteiger partial charge in [-0.3, -0.25) is 0 Å². The van der Waals surface area contributed by atoms with Crippen LogP contribution in [0.1, 0.15) is 67.4 Å². The lowest BCUT2D eigenvalue weighted by molar-refractivity contribution is -0.0699. The van der Waals surface area contributed by atoms with E-state index in [1.54, 1.807) is 7.11 Å². The van der Waals surface area contributed by atoms with Crippen LogP contribution in [0.3, 0.4) is 0 Å². The van der Waals surface area contributed by atoms with E-state index in [9.17, 15) is 0 Å². The predicted molar refractivity (Wildman–Crippen MR) is 113 cm³/mol. The Morgan fingerprint density at radius 2 is 1.71 bits per heavy atom. The first kappa shape index (κ1) is 23.0. The highest BCUT2D eigenvalue weighted by molar-refractivity contribution is 5.47. The fourth-order valence-corrected chi connectivity index (χ4v) is 3.98. The monoisotopic (exact) mass is 393 g/mol. The quantitative estimate of drug-likeness (QED) is 0.593. The lowest BCUT2D eigenvalue weighted by Gasteiger charge is -2.60. The zero-order chi connectivity index (χ0) is 21.2. The Bertz CT molecular complexity index is 652. The van der Waals surface area contributed by atoms with Crippen LogP contribution < -0.4 is 14.8 Å². The van der Waals surface area contributed by atoms with Crippen molar-refractivity contribution in [3.8, 4) is 11.5 Å². The van der Waals surface area contributed by atoms with Crippen molar-refractivity contribution in [2.75, 3.05) is 20.3 Å². The molecule has 3 atom stereocenters. The first-order valence-electron chi connectivity index (χ1n) is 10.3. The van der Waals surface area contributed by atoms with Crippen molar-refractivity contribution >= 4 is 0 Å². The molecule has 0 saturated carbocycles. The second kappa shape index (κ2) is 8.60. The van der Waals surface area contributed by atoms with Gasteiger partial charge in [-0.1, -0.05) is 40.7 Å². The van der Waals surface area contributed by atoms with Gasteiger partial charge in [0.15, 0.2) is 24.1 Å². The number of methoxy groups -OCH3 is 1. The molecule has 0 amide bonds. The Morgan fingerprint density at radius 1 is 1.07 bits per heavy atom. The summed E-state index contributed by atoms with van der Waals surface area (Å²) in [7, 11) is 1.63. The zero-order valence-corrected chi connectivity index (χ0v) is 19.1. The highest BCUT2D eigenvalue weighted by Crippen LogP contribution is 2.53. The van der Waals surface area contributed by atoms with E-state index in [0.29, 0.717) is 18.1 Å². The minimum atomic E-state index is -0.374. The standard InChI is InChI=1S/C23H39NO4/c1-10-26-17(3)28-19-12-11-18(13-20(19)27-16(2)25-9)23(14-21(4,5)6)22(7,8)15-24-23/h11-13,16-17,24H,10,14-15H2,1-9H3. The number of ether oxygens (including phenoxy) is 4. The summed E-state index contributed by atoms with van der Waals surface area (Å²) in [6.45, 7) is 18.8. The molecule has 2 rings (SSSR count). The Balaban J connectivity index is 2.44. The van der Waals surface area contributed by atoms with Gasteiger partial charge in [0.25, 0.3) is 0 Å². The molecular formula is C23H39NO4. The van der Waals surface area contributed by atoms with Crippen LogP contribution in [0.15, 0.2) is 18.2 Å². The maximum Gasteiger partial charge on any atom is 0.197 e. The van der Waals surface area contributed by atoms with E-state index >= 15 is 0 Å². The molecule has 0 aliphatic carbocycles. The molecular weight excluding hydrogens is 354 g/mol. The molecule has 5 heteroatoms. The van der Waals surface area contributed by atoms with E-state index < -0.39 is 0 Å². The van der Waals surface area contributed by atoms with Gasteiger partial charge in [0.1, 0.15) is 0 Å². The molecule has 160 valence electrons.